The summed E-state index contributed by atoms with van der Waals surface area (Å²) >= 11 is 3.40. The zero-order valence-corrected chi connectivity index (χ0v) is 18.1. The van der Waals surface area contributed by atoms with Crippen molar-refractivity contribution in [2.24, 2.45) is 10.7 Å². The highest BCUT2D eigenvalue weighted by molar-refractivity contribution is 14.0. The Balaban J connectivity index is 0.00000312. The van der Waals surface area contributed by atoms with Crippen LogP contribution in [-0.4, -0.2) is 18.4 Å². The minimum absolute atomic E-state index is 0. The van der Waals surface area contributed by atoms with Gasteiger partial charge in [0, 0.05) is 22.3 Å². The molecule has 2 aromatic rings. The number of benzene rings is 2. The Bertz CT molecular complexity index is 764. The molecule has 0 saturated carbocycles. The van der Waals surface area contributed by atoms with Crippen LogP contribution in [0.2, 0.25) is 0 Å². The highest BCUT2D eigenvalue weighted by Gasteiger charge is 2.05. The maximum atomic E-state index is 12.0. The Morgan fingerprint density at radius 3 is 2.64 bits per heavy atom. The predicted octanol–water partition coefficient (Wildman–Crippen LogP) is 4.44. The van der Waals surface area contributed by atoms with Crippen LogP contribution in [0.3, 0.4) is 0 Å². The average molecular weight is 517 g/mol. The molecular weight excluding hydrogens is 495 g/mol. The first-order valence-corrected chi connectivity index (χ1v) is 8.43. The fraction of sp³-hybridized carbons (Fsp3) is 0.222. The van der Waals surface area contributed by atoms with Crippen LogP contribution in [0.4, 0.5) is 11.4 Å². The van der Waals surface area contributed by atoms with E-state index in [9.17, 15) is 4.79 Å². The van der Waals surface area contributed by atoms with Crippen molar-refractivity contribution in [2.75, 3.05) is 17.2 Å². The Kier molecular flexibility index (Phi) is 8.91. The summed E-state index contributed by atoms with van der Waals surface area (Å²) in [5, 5.41) is 5.90. The van der Waals surface area contributed by atoms with Crippen LogP contribution in [0.25, 0.3) is 0 Å². The molecule has 4 N–H and O–H groups in total. The van der Waals surface area contributed by atoms with E-state index in [0.29, 0.717) is 12.5 Å². The van der Waals surface area contributed by atoms with Gasteiger partial charge in [0.1, 0.15) is 0 Å². The molecule has 0 atom stereocenters. The van der Waals surface area contributed by atoms with Gasteiger partial charge >= 0.3 is 0 Å². The van der Waals surface area contributed by atoms with E-state index in [4.69, 9.17) is 5.73 Å². The topological polar surface area (TPSA) is 79.5 Å². The number of nitrogens with zero attached hydrogens (tertiary/aromatic N) is 1. The minimum Gasteiger partial charge on any atom is -0.370 e. The molecule has 7 heteroatoms. The van der Waals surface area contributed by atoms with Crippen molar-refractivity contribution in [3.05, 3.63) is 58.1 Å². The number of nitrogens with one attached hydrogen (secondary N) is 2. The predicted molar refractivity (Wildman–Crippen MR) is 119 cm³/mol. The first kappa shape index (κ1) is 21.4. The van der Waals surface area contributed by atoms with Gasteiger partial charge in [-0.3, -0.25) is 9.79 Å². The van der Waals surface area contributed by atoms with Crippen LogP contribution < -0.4 is 16.4 Å². The second-order valence-corrected chi connectivity index (χ2v) is 6.43. The van der Waals surface area contributed by atoms with Crippen molar-refractivity contribution in [2.45, 2.75) is 20.3 Å². The summed E-state index contributed by atoms with van der Waals surface area (Å²) in [6, 6.07) is 13.6. The average Bonchev–Trinajstić information content (AvgIpc) is 2.51. The summed E-state index contributed by atoms with van der Waals surface area (Å²) in [5.41, 5.74) is 9.66. The normalized spacial score (nSPS) is 10.8. The van der Waals surface area contributed by atoms with Crippen LogP contribution >= 0.6 is 39.9 Å². The lowest BCUT2D eigenvalue weighted by molar-refractivity contribution is -0.116. The van der Waals surface area contributed by atoms with E-state index in [2.05, 4.69) is 31.6 Å². The number of aliphatic imine (C=N–C) groups is 1. The third-order valence-corrected chi connectivity index (χ3v) is 3.88. The summed E-state index contributed by atoms with van der Waals surface area (Å²) in [5.74, 6) is 0.204. The highest BCUT2D eigenvalue weighted by atomic mass is 127. The summed E-state index contributed by atoms with van der Waals surface area (Å²) in [7, 11) is 0. The van der Waals surface area contributed by atoms with E-state index in [1.54, 1.807) is 0 Å². The Labute approximate surface area is 173 Å². The molecule has 134 valence electrons. The number of guanidine groups is 1. The third-order valence-electron chi connectivity index (χ3n) is 3.39. The van der Waals surface area contributed by atoms with Gasteiger partial charge < -0.3 is 16.4 Å². The van der Waals surface area contributed by atoms with Crippen molar-refractivity contribution >= 4 is 63.1 Å². The maximum Gasteiger partial charge on any atom is 0.226 e. The molecule has 0 heterocycles. The molecule has 0 radical (unpaired) electrons. The monoisotopic (exact) mass is 516 g/mol. The summed E-state index contributed by atoms with van der Waals surface area (Å²) in [4.78, 5) is 16.2. The van der Waals surface area contributed by atoms with Gasteiger partial charge in [-0.2, -0.15) is 0 Å². The van der Waals surface area contributed by atoms with Gasteiger partial charge in [0.15, 0.2) is 5.96 Å². The zero-order valence-electron chi connectivity index (χ0n) is 14.2. The Morgan fingerprint density at radius 2 is 1.92 bits per heavy atom. The van der Waals surface area contributed by atoms with Gasteiger partial charge in [0.05, 0.1) is 6.54 Å². The van der Waals surface area contributed by atoms with Crippen LogP contribution in [0, 0.1) is 13.8 Å². The number of carbonyl (C=O) groups excluding carboxylic acids is 1. The number of hydrogen-bond acceptors (Lipinski definition) is 2. The highest BCUT2D eigenvalue weighted by Crippen LogP contribution is 2.20. The van der Waals surface area contributed by atoms with E-state index >= 15 is 0 Å². The molecule has 0 fully saturated rings. The number of carbonyl (C=O) groups is 1. The number of amides is 1. The Morgan fingerprint density at radius 1 is 1.16 bits per heavy atom. The number of hydrogen-bond donors (Lipinski definition) is 3. The quantitative estimate of drug-likeness (QED) is 0.312. The second kappa shape index (κ2) is 10.4. The number of nitrogens with two attached hydrogens (primary N) is 1. The van der Waals surface area contributed by atoms with Gasteiger partial charge in [-0.1, -0.05) is 34.1 Å². The first-order valence-electron chi connectivity index (χ1n) is 7.63. The SMILES string of the molecule is Cc1cccc(NC(N)=NCCC(=O)Nc2cc(Br)ccc2C)c1.I. The Hall–Kier alpha value is -1.61. The van der Waals surface area contributed by atoms with Crippen molar-refractivity contribution < 1.29 is 4.79 Å². The second-order valence-electron chi connectivity index (χ2n) is 5.52. The molecule has 0 aromatic heterocycles. The molecule has 5 nitrogen and oxygen atoms in total. The van der Waals surface area contributed by atoms with Gasteiger partial charge in [0.2, 0.25) is 5.91 Å². The van der Waals surface area contributed by atoms with Gasteiger partial charge in [-0.05, 0) is 49.2 Å². The maximum absolute atomic E-state index is 12.0. The van der Waals surface area contributed by atoms with Gasteiger partial charge in [-0.15, -0.1) is 24.0 Å². The summed E-state index contributed by atoms with van der Waals surface area (Å²) in [6.45, 7) is 4.28. The van der Waals surface area contributed by atoms with E-state index in [1.165, 1.54) is 0 Å². The molecule has 2 rings (SSSR count). The lowest BCUT2D eigenvalue weighted by Gasteiger charge is -2.09. The minimum atomic E-state index is -0.0942. The molecule has 0 aliphatic rings. The van der Waals surface area contributed by atoms with Gasteiger partial charge in [-0.25, -0.2) is 0 Å². The molecule has 0 bridgehead atoms. The van der Waals surface area contributed by atoms with Crippen molar-refractivity contribution in [3.63, 3.8) is 0 Å². The van der Waals surface area contributed by atoms with Crippen molar-refractivity contribution in [1.29, 1.82) is 0 Å². The van der Waals surface area contributed by atoms with Crippen molar-refractivity contribution in [1.82, 2.24) is 0 Å². The van der Waals surface area contributed by atoms with Crippen LogP contribution in [-0.2, 0) is 4.79 Å². The fourth-order valence-electron chi connectivity index (χ4n) is 2.13. The van der Waals surface area contributed by atoms with Crippen LogP contribution in [0.5, 0.6) is 0 Å². The van der Waals surface area contributed by atoms with Crippen LogP contribution in [0.1, 0.15) is 17.5 Å². The summed E-state index contributed by atoms with van der Waals surface area (Å²) < 4.78 is 0.924. The molecule has 0 spiro atoms. The molecule has 0 aliphatic heterocycles. The van der Waals surface area contributed by atoms with E-state index in [-0.39, 0.29) is 36.3 Å². The van der Waals surface area contributed by atoms with E-state index < -0.39 is 0 Å². The molecule has 0 aliphatic carbocycles. The largest absolute Gasteiger partial charge is 0.370 e. The third kappa shape index (κ3) is 7.43. The molecule has 1 amide bonds. The smallest absolute Gasteiger partial charge is 0.226 e. The number of halogens is 2. The van der Waals surface area contributed by atoms with E-state index in [0.717, 1.165) is 27.0 Å². The number of rotatable bonds is 5. The molecule has 25 heavy (non-hydrogen) atoms. The van der Waals surface area contributed by atoms with Crippen LogP contribution in [0.15, 0.2) is 51.9 Å². The standard InChI is InChI=1S/C18H21BrN4O.HI/c1-12-4-3-5-15(10-12)22-18(20)21-9-8-17(24)23-16-11-14(19)7-6-13(16)2;/h3-7,10-11H,8-9H2,1-2H3,(H,23,24)(H3,20,21,22);1H. The lowest BCUT2D eigenvalue weighted by Crippen LogP contribution is -2.23. The molecule has 0 unspecified atom stereocenters. The molecular formula is C18H22BrIN4O. The van der Waals surface area contributed by atoms with Gasteiger partial charge in [0.25, 0.3) is 0 Å². The zero-order chi connectivity index (χ0) is 17.5. The fourth-order valence-corrected chi connectivity index (χ4v) is 2.49. The first-order chi connectivity index (χ1) is 11.4. The van der Waals surface area contributed by atoms with Crippen molar-refractivity contribution in [3.8, 4) is 0 Å². The molecule has 2 aromatic carbocycles. The molecule has 0 saturated heterocycles. The summed E-state index contributed by atoms with van der Waals surface area (Å²) in [6.07, 6.45) is 0.266. The lowest BCUT2D eigenvalue weighted by atomic mass is 10.2. The van der Waals surface area contributed by atoms with E-state index in [1.807, 2.05) is 56.3 Å². The number of anilines is 2. The number of aryl methyl sites for hydroxylation is 2.